The van der Waals surface area contributed by atoms with Crippen molar-refractivity contribution >= 4 is 22.7 Å². The number of nitrogens with zero attached hydrogens (tertiary/aromatic N) is 2. The highest BCUT2D eigenvalue weighted by atomic mass is 14.7. The van der Waals surface area contributed by atoms with Crippen molar-refractivity contribution in [1.29, 1.82) is 10.5 Å². The van der Waals surface area contributed by atoms with Gasteiger partial charge in [-0.15, -0.1) is 0 Å². The maximum atomic E-state index is 8.41. The van der Waals surface area contributed by atoms with Crippen LogP contribution in [0, 0.1) is 22.7 Å². The van der Waals surface area contributed by atoms with Crippen molar-refractivity contribution in [3.63, 3.8) is 0 Å². The molecule has 0 fully saturated rings. The van der Waals surface area contributed by atoms with Crippen LogP contribution in [0.4, 0.5) is 22.7 Å². The van der Waals surface area contributed by atoms with Crippen molar-refractivity contribution in [2.75, 3.05) is 22.9 Å². The zero-order valence-corrected chi connectivity index (χ0v) is 10.7. The van der Waals surface area contributed by atoms with Gasteiger partial charge in [-0.1, -0.05) is 0 Å². The molecule has 0 saturated carbocycles. The molecule has 0 heterocycles. The monoisotopic (exact) mass is 266 g/mol. The molecule has 0 spiro atoms. The zero-order chi connectivity index (χ0) is 15.1. The van der Waals surface area contributed by atoms with E-state index >= 15 is 0 Å². The Morgan fingerprint density at radius 3 is 1.20 bits per heavy atom. The fourth-order valence-electron chi connectivity index (χ4n) is 1.29. The third-order valence-electron chi connectivity index (χ3n) is 2.43. The minimum Gasteiger partial charge on any atom is -0.397 e. The van der Waals surface area contributed by atoms with Gasteiger partial charge in [0.15, 0.2) is 0 Å². The van der Waals surface area contributed by atoms with Gasteiger partial charge in [0.25, 0.3) is 0 Å². The molecule has 2 rings (SSSR count). The first-order valence-corrected chi connectivity index (χ1v) is 5.58. The summed E-state index contributed by atoms with van der Waals surface area (Å²) in [7, 11) is 0. The second kappa shape index (κ2) is 6.53. The number of nitrogen functional groups attached to an aromatic ring is 4. The van der Waals surface area contributed by atoms with Crippen molar-refractivity contribution in [3.8, 4) is 12.1 Å². The topological polar surface area (TPSA) is 152 Å². The van der Waals surface area contributed by atoms with Gasteiger partial charge in [-0.25, -0.2) is 0 Å². The Morgan fingerprint density at radius 2 is 0.950 bits per heavy atom. The number of rotatable bonds is 0. The first kappa shape index (κ1) is 14.7. The van der Waals surface area contributed by atoms with Crippen LogP contribution in [0.15, 0.2) is 36.4 Å². The molecule has 0 saturated heterocycles. The molecule has 0 atom stereocenters. The molecule has 6 nitrogen and oxygen atoms in total. The second-order valence-corrected chi connectivity index (χ2v) is 3.91. The highest BCUT2D eigenvalue weighted by Gasteiger charge is 1.94. The van der Waals surface area contributed by atoms with Crippen LogP contribution < -0.4 is 22.9 Å². The van der Waals surface area contributed by atoms with Crippen LogP contribution in [0.1, 0.15) is 11.1 Å². The lowest BCUT2D eigenvalue weighted by molar-refractivity contribution is 1.48. The lowest BCUT2D eigenvalue weighted by Gasteiger charge is -1.97. The van der Waals surface area contributed by atoms with Crippen LogP contribution in [0.3, 0.4) is 0 Å². The van der Waals surface area contributed by atoms with E-state index in [4.69, 9.17) is 33.5 Å². The Morgan fingerprint density at radius 1 is 0.600 bits per heavy atom. The highest BCUT2D eigenvalue weighted by molar-refractivity contribution is 5.65. The average Bonchev–Trinajstić information content (AvgIpc) is 2.45. The van der Waals surface area contributed by atoms with Crippen molar-refractivity contribution in [3.05, 3.63) is 47.5 Å². The summed E-state index contributed by atoms with van der Waals surface area (Å²) < 4.78 is 0. The van der Waals surface area contributed by atoms with Crippen molar-refractivity contribution < 1.29 is 0 Å². The van der Waals surface area contributed by atoms with E-state index in [9.17, 15) is 0 Å². The minimum absolute atomic E-state index is 0.457. The van der Waals surface area contributed by atoms with Crippen LogP contribution in [-0.4, -0.2) is 0 Å². The Balaban J connectivity index is 0.000000200. The van der Waals surface area contributed by atoms with Gasteiger partial charge < -0.3 is 22.9 Å². The number of anilines is 4. The molecule has 0 aliphatic carbocycles. The molecular formula is C14H14N6. The van der Waals surface area contributed by atoms with E-state index in [0.717, 1.165) is 0 Å². The van der Waals surface area contributed by atoms with E-state index in [1.54, 1.807) is 36.4 Å². The third-order valence-corrected chi connectivity index (χ3v) is 2.43. The molecule has 0 aliphatic rings. The predicted molar refractivity (Wildman–Crippen MR) is 80.0 cm³/mol. The fraction of sp³-hybridized carbons (Fsp3) is 0. The normalized spacial score (nSPS) is 8.70. The molecule has 0 unspecified atom stereocenters. The Labute approximate surface area is 116 Å². The molecule has 0 amide bonds. The molecule has 0 bridgehead atoms. The summed E-state index contributed by atoms with van der Waals surface area (Å²) in [6, 6.07) is 13.5. The van der Waals surface area contributed by atoms with Gasteiger partial charge >= 0.3 is 0 Å². The van der Waals surface area contributed by atoms with Crippen molar-refractivity contribution in [2.24, 2.45) is 0 Å². The zero-order valence-electron chi connectivity index (χ0n) is 10.7. The second-order valence-electron chi connectivity index (χ2n) is 3.91. The third kappa shape index (κ3) is 3.83. The summed E-state index contributed by atoms with van der Waals surface area (Å²) in [5, 5.41) is 16.8. The smallest absolute Gasteiger partial charge is 0.0992 e. The lowest BCUT2D eigenvalue weighted by atomic mass is 10.2. The van der Waals surface area contributed by atoms with Crippen molar-refractivity contribution in [1.82, 2.24) is 0 Å². The van der Waals surface area contributed by atoms with Crippen molar-refractivity contribution in [2.45, 2.75) is 0 Å². The van der Waals surface area contributed by atoms with Crippen LogP contribution in [0.5, 0.6) is 0 Å². The molecule has 2 aromatic carbocycles. The fourth-order valence-corrected chi connectivity index (χ4v) is 1.29. The summed E-state index contributed by atoms with van der Waals surface area (Å²) in [6.45, 7) is 0. The summed E-state index contributed by atoms with van der Waals surface area (Å²) >= 11 is 0. The van der Waals surface area contributed by atoms with E-state index in [1.165, 1.54) is 0 Å². The van der Waals surface area contributed by atoms with Crippen LogP contribution in [-0.2, 0) is 0 Å². The van der Waals surface area contributed by atoms with E-state index < -0.39 is 0 Å². The van der Waals surface area contributed by atoms with Gasteiger partial charge in [0.2, 0.25) is 0 Å². The molecule has 8 N–H and O–H groups in total. The van der Waals surface area contributed by atoms with E-state index in [1.807, 2.05) is 12.1 Å². The lowest BCUT2D eigenvalue weighted by Crippen LogP contribution is -1.93. The van der Waals surface area contributed by atoms with E-state index in [-0.39, 0.29) is 0 Å². The maximum absolute atomic E-state index is 8.41. The molecule has 100 valence electrons. The Kier molecular flexibility index (Phi) is 4.79. The Bertz CT molecular complexity index is 632. The molecule has 0 aromatic heterocycles. The standard InChI is InChI=1S/2C7H7N3/c2*8-4-5-1-2-6(9)7(10)3-5/h2*1-3H,9-10H2. The number of hydrogen-bond acceptors (Lipinski definition) is 6. The molecule has 2 aromatic rings. The number of nitrogens with two attached hydrogens (primary N) is 4. The Hall–Kier alpha value is -3.38. The summed E-state index contributed by atoms with van der Waals surface area (Å²) in [5.41, 5.74) is 24.7. The predicted octanol–water partition coefficient (Wildman–Crippen LogP) is 1.45. The number of benzene rings is 2. The molecule has 0 aliphatic heterocycles. The number of nitriles is 2. The van der Waals surface area contributed by atoms with Gasteiger partial charge in [-0.2, -0.15) is 10.5 Å². The number of hydrogen-bond donors (Lipinski definition) is 4. The van der Waals surface area contributed by atoms with Gasteiger partial charge in [-0.3, -0.25) is 0 Å². The highest BCUT2D eigenvalue weighted by Crippen LogP contribution is 2.15. The molecular weight excluding hydrogens is 252 g/mol. The van der Waals surface area contributed by atoms with Gasteiger partial charge in [0.1, 0.15) is 0 Å². The maximum Gasteiger partial charge on any atom is 0.0992 e. The largest absolute Gasteiger partial charge is 0.397 e. The molecule has 20 heavy (non-hydrogen) atoms. The summed E-state index contributed by atoms with van der Waals surface area (Å²) in [6.07, 6.45) is 0. The SMILES string of the molecule is N#Cc1ccc(N)c(N)c1.N#Cc1ccc(N)c(N)c1. The van der Waals surface area contributed by atoms with Gasteiger partial charge in [0, 0.05) is 0 Å². The first-order valence-electron chi connectivity index (χ1n) is 5.58. The minimum atomic E-state index is 0.457. The first-order chi connectivity index (χ1) is 9.47. The molecule has 6 heteroatoms. The summed E-state index contributed by atoms with van der Waals surface area (Å²) in [5.74, 6) is 0. The van der Waals surface area contributed by atoms with E-state index in [2.05, 4.69) is 0 Å². The van der Waals surface area contributed by atoms with Gasteiger partial charge in [-0.05, 0) is 36.4 Å². The van der Waals surface area contributed by atoms with Crippen LogP contribution >= 0.6 is 0 Å². The average molecular weight is 266 g/mol. The summed E-state index contributed by atoms with van der Waals surface area (Å²) in [4.78, 5) is 0. The van der Waals surface area contributed by atoms with Gasteiger partial charge in [0.05, 0.1) is 46.0 Å². The quantitative estimate of drug-likeness (QED) is 0.529. The molecule has 0 radical (unpaired) electrons. The van der Waals surface area contributed by atoms with E-state index in [0.29, 0.717) is 33.9 Å². The van der Waals surface area contributed by atoms with Crippen LogP contribution in [0.25, 0.3) is 0 Å². The van der Waals surface area contributed by atoms with Crippen LogP contribution in [0.2, 0.25) is 0 Å².